The molecule has 3 aromatic rings. The predicted molar refractivity (Wildman–Crippen MR) is 150 cm³/mol. The van der Waals surface area contributed by atoms with Crippen LogP contribution in [0, 0.1) is 13.8 Å². The summed E-state index contributed by atoms with van der Waals surface area (Å²) in [6, 6.07) is 16.1. The lowest BCUT2D eigenvalue weighted by atomic mass is 10.2. The molecule has 2 heterocycles. The molecule has 38 heavy (non-hydrogen) atoms. The quantitative estimate of drug-likeness (QED) is 0.156. The van der Waals surface area contributed by atoms with Crippen molar-refractivity contribution in [3.63, 3.8) is 0 Å². The van der Waals surface area contributed by atoms with Crippen LogP contribution >= 0.6 is 23.4 Å². The van der Waals surface area contributed by atoms with Crippen molar-refractivity contribution in [2.24, 2.45) is 0 Å². The topological polar surface area (TPSA) is 77.8 Å². The van der Waals surface area contributed by atoms with Gasteiger partial charge in [0.2, 0.25) is 0 Å². The van der Waals surface area contributed by atoms with Gasteiger partial charge in [-0.3, -0.25) is 14.5 Å². The van der Waals surface area contributed by atoms with Gasteiger partial charge in [-0.1, -0.05) is 24.9 Å². The van der Waals surface area contributed by atoms with E-state index in [9.17, 15) is 14.4 Å². The summed E-state index contributed by atoms with van der Waals surface area (Å²) >= 11 is 6.81. The molecule has 0 N–H and O–H groups in total. The number of thioether (sulfide) groups is 1. The molecule has 0 radical (unpaired) electrons. The van der Waals surface area contributed by atoms with E-state index < -0.39 is 0 Å². The second-order valence-electron chi connectivity index (χ2n) is 8.83. The maximum atomic E-state index is 13.0. The highest BCUT2D eigenvalue weighted by Crippen LogP contribution is 2.33. The van der Waals surface area contributed by atoms with Crippen molar-refractivity contribution >= 4 is 46.6 Å². The zero-order valence-electron chi connectivity index (χ0n) is 21.5. The average Bonchev–Trinajstić information content (AvgIpc) is 3.33. The van der Waals surface area contributed by atoms with Crippen LogP contribution in [0.5, 0.6) is 5.75 Å². The van der Waals surface area contributed by atoms with Crippen molar-refractivity contribution in [3.05, 3.63) is 87.0 Å². The number of benzene rings is 2. The Kier molecular flexibility index (Phi) is 8.97. The highest BCUT2D eigenvalue weighted by atomic mass is 35.5. The van der Waals surface area contributed by atoms with E-state index in [4.69, 9.17) is 21.1 Å². The molecular formula is C29H29ClN2O5S. The second-order valence-corrected chi connectivity index (χ2v) is 10.3. The van der Waals surface area contributed by atoms with E-state index in [1.807, 2.05) is 43.5 Å². The molecule has 0 spiro atoms. The van der Waals surface area contributed by atoms with Crippen molar-refractivity contribution in [2.75, 3.05) is 19.8 Å². The van der Waals surface area contributed by atoms with E-state index in [0.29, 0.717) is 27.8 Å². The van der Waals surface area contributed by atoms with Crippen molar-refractivity contribution in [1.29, 1.82) is 0 Å². The molecule has 1 fully saturated rings. The molecule has 9 heteroatoms. The largest absolute Gasteiger partial charge is 0.492 e. The number of hydrogen-bond acceptors (Lipinski definition) is 6. The maximum absolute atomic E-state index is 13.0. The lowest BCUT2D eigenvalue weighted by Crippen LogP contribution is -2.32. The van der Waals surface area contributed by atoms with Crippen LogP contribution in [0.1, 0.15) is 47.1 Å². The summed E-state index contributed by atoms with van der Waals surface area (Å²) in [5.41, 5.74) is 4.10. The summed E-state index contributed by atoms with van der Waals surface area (Å²) in [5.74, 6) is -0.0536. The van der Waals surface area contributed by atoms with Crippen molar-refractivity contribution in [2.45, 2.75) is 33.6 Å². The lowest BCUT2D eigenvalue weighted by Gasteiger charge is -2.13. The summed E-state index contributed by atoms with van der Waals surface area (Å²) in [6.07, 6.45) is 3.56. The minimum absolute atomic E-state index is 0.150. The van der Waals surface area contributed by atoms with Gasteiger partial charge in [-0.05, 0) is 98.3 Å². The summed E-state index contributed by atoms with van der Waals surface area (Å²) in [4.78, 5) is 39.3. The van der Waals surface area contributed by atoms with Gasteiger partial charge in [-0.15, -0.1) is 0 Å². The number of carbonyl (C=O) groups is 3. The molecule has 0 unspecified atom stereocenters. The van der Waals surface area contributed by atoms with E-state index in [2.05, 4.69) is 0 Å². The van der Waals surface area contributed by atoms with Gasteiger partial charge >= 0.3 is 5.97 Å². The fraction of sp³-hybridized carbons (Fsp3) is 0.276. The number of aryl methyl sites for hydroxylation is 1. The standard InChI is InChI=1S/C29H29ClN2O5S/c1-4-5-15-37-28(34)21-6-10-24(11-7-21)32-19(2)17-22(20(32)3)18-26-27(33)31(29(35)38-26)14-16-36-25-12-8-23(30)9-13-25/h6-13,17-18H,4-5,14-16H2,1-3H3/b26-18-. The van der Waals surface area contributed by atoms with Crippen LogP contribution in [0.25, 0.3) is 11.8 Å². The monoisotopic (exact) mass is 552 g/mol. The first-order valence-electron chi connectivity index (χ1n) is 12.4. The van der Waals surface area contributed by atoms with Gasteiger partial charge in [0.25, 0.3) is 11.1 Å². The van der Waals surface area contributed by atoms with Crippen LogP contribution in [-0.4, -0.2) is 46.3 Å². The smallest absolute Gasteiger partial charge is 0.338 e. The normalized spacial score (nSPS) is 14.4. The van der Waals surface area contributed by atoms with E-state index in [0.717, 1.165) is 47.2 Å². The number of unbranched alkanes of at least 4 members (excludes halogenated alkanes) is 1. The number of nitrogens with zero attached hydrogens (tertiary/aromatic N) is 2. The lowest BCUT2D eigenvalue weighted by molar-refractivity contribution is -0.123. The second kappa shape index (κ2) is 12.4. The van der Waals surface area contributed by atoms with Gasteiger partial charge in [0, 0.05) is 22.1 Å². The molecule has 1 aromatic heterocycles. The Balaban J connectivity index is 1.44. The molecule has 198 valence electrons. The zero-order valence-corrected chi connectivity index (χ0v) is 23.1. The number of hydrogen-bond donors (Lipinski definition) is 0. The summed E-state index contributed by atoms with van der Waals surface area (Å²) in [6.45, 7) is 6.72. The molecule has 2 amide bonds. The van der Waals surface area contributed by atoms with Crippen molar-refractivity contribution in [3.8, 4) is 11.4 Å². The number of rotatable bonds is 10. The molecule has 0 aliphatic carbocycles. The number of carbonyl (C=O) groups excluding carboxylic acids is 3. The zero-order chi connectivity index (χ0) is 27.2. The van der Waals surface area contributed by atoms with E-state index in [1.54, 1.807) is 42.5 Å². The third-order valence-corrected chi connectivity index (χ3v) is 7.28. The fourth-order valence-electron chi connectivity index (χ4n) is 4.09. The van der Waals surface area contributed by atoms with Crippen LogP contribution in [0.3, 0.4) is 0 Å². The molecule has 2 aromatic carbocycles. The van der Waals surface area contributed by atoms with Crippen LogP contribution in [0.2, 0.25) is 5.02 Å². The van der Waals surface area contributed by atoms with Crippen LogP contribution < -0.4 is 4.74 Å². The van der Waals surface area contributed by atoms with Crippen molar-refractivity contribution in [1.82, 2.24) is 9.47 Å². The minimum Gasteiger partial charge on any atom is -0.492 e. The number of aromatic nitrogens is 1. The Morgan fingerprint density at radius 3 is 2.42 bits per heavy atom. The Morgan fingerprint density at radius 1 is 1.03 bits per heavy atom. The minimum atomic E-state index is -0.338. The number of ether oxygens (including phenoxy) is 2. The predicted octanol–water partition coefficient (Wildman–Crippen LogP) is 6.82. The number of amides is 2. The first kappa shape index (κ1) is 27.5. The molecule has 0 saturated carbocycles. The molecule has 7 nitrogen and oxygen atoms in total. The Morgan fingerprint density at radius 2 is 1.74 bits per heavy atom. The van der Waals surface area contributed by atoms with Gasteiger partial charge in [0.1, 0.15) is 12.4 Å². The summed E-state index contributed by atoms with van der Waals surface area (Å²) in [5, 5.41) is 0.281. The van der Waals surface area contributed by atoms with E-state index in [1.165, 1.54) is 4.90 Å². The van der Waals surface area contributed by atoms with E-state index >= 15 is 0 Å². The van der Waals surface area contributed by atoms with Gasteiger partial charge in [0.15, 0.2) is 0 Å². The van der Waals surface area contributed by atoms with Crippen LogP contribution in [0.4, 0.5) is 4.79 Å². The number of imide groups is 1. The molecule has 0 atom stereocenters. The maximum Gasteiger partial charge on any atom is 0.338 e. The SMILES string of the molecule is CCCCOC(=O)c1ccc(-n2c(C)cc(/C=C3\SC(=O)N(CCOc4ccc(Cl)cc4)C3=O)c2C)cc1. The Hall–Kier alpha value is -3.49. The van der Waals surface area contributed by atoms with Crippen molar-refractivity contribution < 1.29 is 23.9 Å². The van der Waals surface area contributed by atoms with Gasteiger partial charge in [-0.2, -0.15) is 0 Å². The number of halogens is 1. The third-order valence-electron chi connectivity index (χ3n) is 6.12. The molecule has 1 saturated heterocycles. The molecule has 1 aliphatic rings. The van der Waals surface area contributed by atoms with E-state index in [-0.39, 0.29) is 30.3 Å². The average molecular weight is 553 g/mol. The van der Waals surface area contributed by atoms with Gasteiger partial charge in [0.05, 0.1) is 23.6 Å². The van der Waals surface area contributed by atoms with Crippen LogP contribution in [-0.2, 0) is 9.53 Å². The molecule has 4 rings (SSSR count). The molecule has 1 aliphatic heterocycles. The summed E-state index contributed by atoms with van der Waals surface area (Å²) in [7, 11) is 0. The van der Waals surface area contributed by atoms with Crippen LogP contribution in [0.15, 0.2) is 59.5 Å². The van der Waals surface area contributed by atoms with Gasteiger partial charge < -0.3 is 14.0 Å². The first-order valence-corrected chi connectivity index (χ1v) is 13.6. The fourth-order valence-corrected chi connectivity index (χ4v) is 5.07. The first-order chi connectivity index (χ1) is 18.3. The Labute approximate surface area is 231 Å². The Bertz CT molecular complexity index is 1360. The highest BCUT2D eigenvalue weighted by molar-refractivity contribution is 8.18. The number of esters is 1. The molecule has 0 bridgehead atoms. The molecular weight excluding hydrogens is 524 g/mol. The highest BCUT2D eigenvalue weighted by Gasteiger charge is 2.35. The third kappa shape index (κ3) is 6.31. The van der Waals surface area contributed by atoms with Gasteiger partial charge in [-0.25, -0.2) is 4.79 Å². The summed E-state index contributed by atoms with van der Waals surface area (Å²) < 4.78 is 13.0.